The van der Waals surface area contributed by atoms with Crippen LogP contribution in [0.1, 0.15) is 148 Å². The van der Waals surface area contributed by atoms with Crippen LogP contribution in [0.5, 0.6) is 0 Å². The molecule has 0 bridgehead atoms. The number of rotatable bonds is 29. The number of nitrogens with zero attached hydrogens (tertiary/aromatic N) is 6. The molecule has 0 amide bonds. The average Bonchev–Trinajstić information content (AvgIpc) is 3.27. The number of carbonyl (C=O) groups excluding carboxylic acids is 4. The molecule has 19 nitrogen and oxygen atoms in total. The number of carboxylic acids is 2. The van der Waals surface area contributed by atoms with Crippen molar-refractivity contribution in [3.63, 3.8) is 0 Å². The zero-order valence-electron chi connectivity index (χ0n) is 44.9. The molecule has 0 saturated carbocycles. The molecule has 0 aliphatic heterocycles. The Kier molecular flexibility index (Phi) is 22.1. The average molecular weight is 1030 g/mol. The number of carboxylic acid groups (broad SMARTS) is 2. The van der Waals surface area contributed by atoms with Crippen LogP contribution in [0.15, 0.2) is 0 Å². The Labute approximate surface area is 423 Å². The van der Waals surface area contributed by atoms with Crippen LogP contribution in [0.4, 0.5) is 0 Å². The second-order valence-electron chi connectivity index (χ2n) is 23.0. The van der Waals surface area contributed by atoms with E-state index in [0.29, 0.717) is 0 Å². The van der Waals surface area contributed by atoms with E-state index in [4.69, 9.17) is 42.8 Å². The fraction of sp³-hybridized carbons (Fsp3) is 0.760. The lowest BCUT2D eigenvalue weighted by atomic mass is 9.61. The summed E-state index contributed by atoms with van der Waals surface area (Å²) in [6.07, 6.45) is -3.61. The molecule has 0 aromatic rings. The maximum atomic E-state index is 14.0. The second-order valence-corrected chi connectivity index (χ2v) is 31.8. The molecule has 0 aromatic heterocycles. The smallest absolute Gasteiger partial charge is 0.412 e. The summed E-state index contributed by atoms with van der Waals surface area (Å²) in [5, 5.41) is 50.0. The summed E-state index contributed by atoms with van der Waals surface area (Å²) < 4.78 is 28.3. The number of esters is 4. The first kappa shape index (κ1) is 65.2. The van der Waals surface area contributed by atoms with E-state index in [0.717, 1.165) is 6.04 Å². The predicted octanol–water partition coefficient (Wildman–Crippen LogP) is 9.81. The highest BCUT2D eigenvalue weighted by Crippen LogP contribution is 2.49. The summed E-state index contributed by atoms with van der Waals surface area (Å²) in [6.45, 7) is 48.8. The molecule has 0 spiro atoms. The highest BCUT2D eigenvalue weighted by atomic mass is 28.4. The molecule has 0 aliphatic rings. The van der Waals surface area contributed by atoms with Crippen LogP contribution in [0.2, 0.25) is 32.2 Å². The van der Waals surface area contributed by atoms with Gasteiger partial charge in [0, 0.05) is 59.3 Å². The summed E-state index contributed by atoms with van der Waals surface area (Å²) in [5.41, 5.74) is -13.9. The fourth-order valence-electron chi connectivity index (χ4n) is 7.82. The molecule has 2 N–H and O–H groups in total. The number of hydrogen-bond donors (Lipinski definition) is 2. The van der Waals surface area contributed by atoms with Crippen LogP contribution in [-0.4, -0.2) is 92.0 Å². The number of aliphatic carboxylic acids is 2. The standard InChI is InChI=1S/C50H76N6O13Si2/c1-21-70(17,18)69-71(19,20)34-65-40(64)50(13,44(6,7)33-53)30-47(10,56-16)27-24-37(59)68-41(66-35(57)22-25-45(8,54-14)28-48(11,38(60)61)42(2,3)31-51)67-36(58)23-26-46(9,55-15)29-49(12,39(62)63)43(4,5)32-52/h41H,21-30,34H2,1-13,17-20H3,(H,60,61)(H,62,63). The number of hydrogen-bond acceptors (Lipinski definition) is 14. The van der Waals surface area contributed by atoms with Gasteiger partial charge in [0.15, 0.2) is 8.32 Å². The van der Waals surface area contributed by atoms with Crippen LogP contribution < -0.4 is 0 Å². The Morgan fingerprint density at radius 1 is 0.535 bits per heavy atom. The molecule has 0 aliphatic carbocycles. The van der Waals surface area contributed by atoms with Gasteiger partial charge in [-0.25, -0.2) is 19.7 Å². The molecular formula is C50H76N6O13Si2. The minimum Gasteiger partial charge on any atom is -0.481 e. The van der Waals surface area contributed by atoms with Gasteiger partial charge < -0.3 is 47.8 Å². The van der Waals surface area contributed by atoms with Crippen LogP contribution in [0, 0.1) is 86.2 Å². The van der Waals surface area contributed by atoms with Gasteiger partial charge in [0.25, 0.3) is 0 Å². The van der Waals surface area contributed by atoms with Gasteiger partial charge in [-0.1, -0.05) is 6.92 Å². The third-order valence-electron chi connectivity index (χ3n) is 14.6. The molecule has 0 heterocycles. The first-order valence-corrected chi connectivity index (χ1v) is 29.5. The first-order chi connectivity index (χ1) is 32.0. The van der Waals surface area contributed by atoms with E-state index < -0.39 is 127 Å². The molecule has 21 heteroatoms. The Bertz CT molecular complexity index is 2180. The molecule has 0 aromatic carbocycles. The van der Waals surface area contributed by atoms with E-state index in [1.807, 2.05) is 32.2 Å². The molecule has 0 rings (SSSR count). The van der Waals surface area contributed by atoms with E-state index in [2.05, 4.69) is 33.7 Å². The zero-order valence-corrected chi connectivity index (χ0v) is 46.9. The lowest BCUT2D eigenvalue weighted by Crippen LogP contribution is -2.51. The number of nitriles is 3. The van der Waals surface area contributed by atoms with Crippen molar-refractivity contribution < 1.29 is 62.0 Å². The van der Waals surface area contributed by atoms with Crippen molar-refractivity contribution >= 4 is 52.5 Å². The maximum absolute atomic E-state index is 14.0. The van der Waals surface area contributed by atoms with Crippen LogP contribution in [-0.2, 0) is 51.8 Å². The van der Waals surface area contributed by atoms with Gasteiger partial charge in [-0.3, -0.25) is 28.8 Å². The number of carbonyl (C=O) groups is 6. The summed E-state index contributed by atoms with van der Waals surface area (Å²) in [7, 11) is -4.56. The molecule has 0 radical (unpaired) electrons. The fourth-order valence-corrected chi connectivity index (χ4v) is 15.1. The molecule has 6 unspecified atom stereocenters. The molecule has 6 atom stereocenters. The SMILES string of the molecule is [C-]#[N+]C(C)(CCC(=O)OC(OC(=O)CCC(C)(CC(C)(C(=O)O)C(C)(C)C#N)[N+]#[C-])OC(=O)CCC(C)(CC(C)(C(=O)OC[Si](C)(C)O[Si](C)(C)CC)C(C)(C)C#N)[N+]#[C-])CC(C)(C(=O)O)C(C)(C)C#N. The molecule has 392 valence electrons. The third-order valence-corrected chi connectivity index (χ3v) is 21.6. The van der Waals surface area contributed by atoms with E-state index in [1.165, 1.54) is 69.2 Å². The van der Waals surface area contributed by atoms with Crippen molar-refractivity contribution in [2.24, 2.45) is 32.5 Å². The number of ether oxygens (including phenoxy) is 4. The van der Waals surface area contributed by atoms with Crippen molar-refractivity contribution in [3.05, 3.63) is 34.3 Å². The Hall–Kier alpha value is -5.85. The topological polar surface area (TPSA) is 273 Å². The first-order valence-electron chi connectivity index (χ1n) is 23.3. The van der Waals surface area contributed by atoms with Crippen LogP contribution >= 0.6 is 0 Å². The van der Waals surface area contributed by atoms with Crippen LogP contribution in [0.25, 0.3) is 14.5 Å². The van der Waals surface area contributed by atoms with Gasteiger partial charge in [0.05, 0.1) is 70.0 Å². The van der Waals surface area contributed by atoms with Crippen molar-refractivity contribution in [2.45, 2.75) is 203 Å². The van der Waals surface area contributed by atoms with Gasteiger partial charge >= 0.3 is 42.3 Å². The molecule has 0 fully saturated rings. The highest BCUT2D eigenvalue weighted by molar-refractivity contribution is 6.84. The maximum Gasteiger partial charge on any atom is 0.412 e. The lowest BCUT2D eigenvalue weighted by Gasteiger charge is -2.40. The van der Waals surface area contributed by atoms with Gasteiger partial charge in [-0.05, 0) is 94.5 Å². The van der Waals surface area contributed by atoms with Crippen LogP contribution in [0.3, 0.4) is 0 Å². The normalized spacial score (nSPS) is 17.6. The minimum atomic E-state index is -2.53. The quantitative estimate of drug-likeness (QED) is 0.0305. The van der Waals surface area contributed by atoms with Crippen molar-refractivity contribution in [1.82, 2.24) is 0 Å². The van der Waals surface area contributed by atoms with E-state index in [-0.39, 0.29) is 44.8 Å². The van der Waals surface area contributed by atoms with Crippen molar-refractivity contribution in [3.8, 4) is 18.2 Å². The minimum absolute atomic E-state index is 0.00430. The Morgan fingerprint density at radius 3 is 1.07 bits per heavy atom. The largest absolute Gasteiger partial charge is 0.481 e. The molecular weight excluding hydrogens is 949 g/mol. The van der Waals surface area contributed by atoms with Gasteiger partial charge in [-0.15, -0.1) is 0 Å². The summed E-state index contributed by atoms with van der Waals surface area (Å²) >= 11 is 0. The third kappa shape index (κ3) is 17.2. The van der Waals surface area contributed by atoms with E-state index >= 15 is 0 Å². The Morgan fingerprint density at radius 2 is 0.817 bits per heavy atom. The summed E-state index contributed by atoms with van der Waals surface area (Å²) in [5.74, 6) is -6.85. The monoisotopic (exact) mass is 1020 g/mol. The van der Waals surface area contributed by atoms with Crippen molar-refractivity contribution in [1.29, 1.82) is 15.8 Å². The second kappa shape index (κ2) is 24.0. The van der Waals surface area contributed by atoms with Crippen molar-refractivity contribution in [2.75, 3.05) is 6.23 Å². The predicted molar refractivity (Wildman–Crippen MR) is 264 cm³/mol. The zero-order chi connectivity index (χ0) is 56.1. The van der Waals surface area contributed by atoms with Gasteiger partial charge in [0.2, 0.25) is 24.9 Å². The van der Waals surface area contributed by atoms with Gasteiger partial charge in [-0.2, -0.15) is 15.8 Å². The summed E-state index contributed by atoms with van der Waals surface area (Å²) in [6, 6.07) is 6.95. The van der Waals surface area contributed by atoms with E-state index in [9.17, 15) is 54.8 Å². The summed E-state index contributed by atoms with van der Waals surface area (Å²) in [4.78, 5) is 90.3. The lowest BCUT2D eigenvalue weighted by molar-refractivity contribution is -0.258. The van der Waals surface area contributed by atoms with E-state index in [1.54, 1.807) is 13.8 Å². The molecule has 71 heavy (non-hydrogen) atoms. The van der Waals surface area contributed by atoms with Gasteiger partial charge in [0.1, 0.15) is 6.23 Å². The molecule has 0 saturated heterocycles. The Balaban J connectivity index is 6.82. The highest BCUT2D eigenvalue weighted by Gasteiger charge is 2.57.